The number of rotatable bonds is 4. The molecular formula is C12H12BrN3O2S. The Morgan fingerprint density at radius 2 is 2.37 bits per heavy atom. The van der Waals surface area contributed by atoms with Crippen molar-refractivity contribution in [1.29, 1.82) is 0 Å². The van der Waals surface area contributed by atoms with E-state index < -0.39 is 5.97 Å². The van der Waals surface area contributed by atoms with Gasteiger partial charge in [-0.05, 0) is 41.8 Å². The van der Waals surface area contributed by atoms with E-state index >= 15 is 0 Å². The molecule has 1 fully saturated rings. The first-order valence-corrected chi connectivity index (χ1v) is 7.66. The van der Waals surface area contributed by atoms with Crippen LogP contribution in [0.3, 0.4) is 0 Å². The number of imidazole rings is 1. The summed E-state index contributed by atoms with van der Waals surface area (Å²) in [7, 11) is 0. The average Bonchev–Trinajstić information content (AvgIpc) is 2.97. The van der Waals surface area contributed by atoms with E-state index in [-0.39, 0.29) is 11.3 Å². The quantitative estimate of drug-likeness (QED) is 0.866. The second-order valence-electron chi connectivity index (χ2n) is 4.91. The highest BCUT2D eigenvalue weighted by molar-refractivity contribution is 9.10. The number of carboxylic acids is 1. The Morgan fingerprint density at radius 3 is 3.00 bits per heavy atom. The average molecular weight is 342 g/mol. The summed E-state index contributed by atoms with van der Waals surface area (Å²) >= 11 is 4.63. The first kappa shape index (κ1) is 12.9. The molecule has 0 spiro atoms. The third-order valence-electron chi connectivity index (χ3n) is 3.27. The van der Waals surface area contributed by atoms with Gasteiger partial charge in [-0.15, -0.1) is 0 Å². The number of carboxylic acid groups (broad SMARTS) is 1. The van der Waals surface area contributed by atoms with Crippen molar-refractivity contribution in [3.8, 4) is 0 Å². The van der Waals surface area contributed by atoms with Crippen LogP contribution < -0.4 is 0 Å². The Balaban J connectivity index is 2.11. The highest BCUT2D eigenvalue weighted by Gasteiger charge is 2.42. The molecule has 0 bridgehead atoms. The van der Waals surface area contributed by atoms with E-state index in [1.54, 1.807) is 6.20 Å². The van der Waals surface area contributed by atoms with E-state index in [1.807, 2.05) is 6.07 Å². The fourth-order valence-corrected chi connectivity index (χ4v) is 3.20. The number of hydrogen-bond acceptors (Lipinski definition) is 4. The number of pyridine rings is 1. The number of aromatic nitrogens is 3. The van der Waals surface area contributed by atoms with Gasteiger partial charge in [0.05, 0.1) is 5.75 Å². The van der Waals surface area contributed by atoms with Crippen LogP contribution in [0.4, 0.5) is 0 Å². The van der Waals surface area contributed by atoms with Gasteiger partial charge in [-0.3, -0.25) is 9.36 Å². The maximum absolute atomic E-state index is 10.7. The Bertz CT molecular complexity index is 666. The fourth-order valence-electron chi connectivity index (χ4n) is 2.03. The van der Waals surface area contributed by atoms with E-state index in [2.05, 4.69) is 37.4 Å². The maximum Gasteiger partial charge on any atom is 0.313 e. The summed E-state index contributed by atoms with van der Waals surface area (Å²) in [5, 5.41) is 9.56. The lowest BCUT2D eigenvalue weighted by atomic mass is 10.3. The predicted molar refractivity (Wildman–Crippen MR) is 76.5 cm³/mol. The van der Waals surface area contributed by atoms with Gasteiger partial charge in [-0.1, -0.05) is 11.8 Å². The van der Waals surface area contributed by atoms with Gasteiger partial charge in [-0.25, -0.2) is 9.97 Å². The topological polar surface area (TPSA) is 68.0 Å². The van der Waals surface area contributed by atoms with E-state index in [4.69, 9.17) is 5.11 Å². The van der Waals surface area contributed by atoms with Crippen molar-refractivity contribution in [2.24, 2.45) is 0 Å². The molecule has 2 aromatic heterocycles. The zero-order valence-corrected chi connectivity index (χ0v) is 12.7. The number of aliphatic carboxylic acids is 1. The second kappa shape index (κ2) is 4.49. The summed E-state index contributed by atoms with van der Waals surface area (Å²) in [6.07, 6.45) is 3.91. The molecule has 1 N–H and O–H groups in total. The maximum atomic E-state index is 10.7. The molecule has 1 saturated carbocycles. The monoisotopic (exact) mass is 341 g/mol. The zero-order chi connectivity index (χ0) is 13.6. The molecular weight excluding hydrogens is 330 g/mol. The SMILES string of the molecule is CC1(n2c(SCC(=O)O)nc3cc(Br)cnc32)CC1. The number of fused-ring (bicyclic) bond motifs is 1. The van der Waals surface area contributed by atoms with E-state index in [9.17, 15) is 4.79 Å². The second-order valence-corrected chi connectivity index (χ2v) is 6.76. The molecule has 2 aromatic rings. The lowest BCUT2D eigenvalue weighted by Crippen LogP contribution is -2.14. The Labute approximate surface area is 122 Å². The number of halogens is 1. The molecule has 0 aromatic carbocycles. The van der Waals surface area contributed by atoms with Crippen molar-refractivity contribution in [2.75, 3.05) is 5.75 Å². The van der Waals surface area contributed by atoms with Gasteiger partial charge >= 0.3 is 5.97 Å². The molecule has 5 nitrogen and oxygen atoms in total. The minimum atomic E-state index is -0.835. The highest BCUT2D eigenvalue weighted by atomic mass is 79.9. The van der Waals surface area contributed by atoms with Gasteiger partial charge < -0.3 is 5.11 Å². The summed E-state index contributed by atoms with van der Waals surface area (Å²) in [5.74, 6) is -0.820. The number of carbonyl (C=O) groups is 1. The summed E-state index contributed by atoms with van der Waals surface area (Å²) in [6.45, 7) is 2.16. The van der Waals surface area contributed by atoms with Crippen molar-refractivity contribution < 1.29 is 9.90 Å². The molecule has 1 aliphatic carbocycles. The first-order valence-electron chi connectivity index (χ1n) is 5.89. The summed E-state index contributed by atoms with van der Waals surface area (Å²) in [5.41, 5.74) is 1.67. The molecule has 1 aliphatic rings. The van der Waals surface area contributed by atoms with E-state index in [1.165, 1.54) is 11.8 Å². The summed E-state index contributed by atoms with van der Waals surface area (Å²) in [6, 6.07) is 1.91. The van der Waals surface area contributed by atoms with Gasteiger partial charge in [0.2, 0.25) is 0 Å². The molecule has 0 amide bonds. The Hall–Kier alpha value is -1.08. The van der Waals surface area contributed by atoms with Crippen LogP contribution in [-0.4, -0.2) is 31.4 Å². The van der Waals surface area contributed by atoms with Crippen LogP contribution in [0.15, 0.2) is 21.9 Å². The molecule has 100 valence electrons. The third-order valence-corrected chi connectivity index (χ3v) is 4.63. The van der Waals surface area contributed by atoms with Crippen LogP contribution in [0.2, 0.25) is 0 Å². The minimum Gasteiger partial charge on any atom is -0.481 e. The molecule has 7 heteroatoms. The number of thioether (sulfide) groups is 1. The molecule has 0 saturated heterocycles. The van der Waals surface area contributed by atoms with Crippen LogP contribution >= 0.6 is 27.7 Å². The van der Waals surface area contributed by atoms with E-state index in [0.29, 0.717) is 0 Å². The number of nitrogens with zero attached hydrogens (tertiary/aromatic N) is 3. The zero-order valence-electron chi connectivity index (χ0n) is 10.3. The smallest absolute Gasteiger partial charge is 0.313 e. The Kier molecular flexibility index (Phi) is 3.05. The van der Waals surface area contributed by atoms with Crippen molar-refractivity contribution in [3.05, 3.63) is 16.7 Å². The molecule has 2 heterocycles. The largest absolute Gasteiger partial charge is 0.481 e. The predicted octanol–water partition coefficient (Wildman–Crippen LogP) is 2.88. The van der Waals surface area contributed by atoms with Crippen LogP contribution in [0.5, 0.6) is 0 Å². The third kappa shape index (κ3) is 2.36. The molecule has 0 radical (unpaired) electrons. The standard InChI is InChI=1S/C12H12BrN3O2S/c1-12(2-3-12)16-10-8(4-7(13)5-14-10)15-11(16)19-6-9(17)18/h4-5H,2-3,6H2,1H3,(H,17,18). The van der Waals surface area contributed by atoms with Gasteiger partial charge in [0.1, 0.15) is 5.52 Å². The van der Waals surface area contributed by atoms with Crippen LogP contribution in [-0.2, 0) is 10.3 Å². The van der Waals surface area contributed by atoms with Crippen LogP contribution in [0.1, 0.15) is 19.8 Å². The van der Waals surface area contributed by atoms with Crippen LogP contribution in [0.25, 0.3) is 11.2 Å². The van der Waals surface area contributed by atoms with Gasteiger partial charge in [0.25, 0.3) is 0 Å². The van der Waals surface area contributed by atoms with E-state index in [0.717, 1.165) is 33.6 Å². The highest BCUT2D eigenvalue weighted by Crippen LogP contribution is 2.46. The Morgan fingerprint density at radius 1 is 1.63 bits per heavy atom. The lowest BCUT2D eigenvalue weighted by molar-refractivity contribution is -0.133. The normalized spacial score (nSPS) is 16.7. The van der Waals surface area contributed by atoms with Crippen molar-refractivity contribution >= 4 is 44.8 Å². The van der Waals surface area contributed by atoms with Crippen molar-refractivity contribution in [2.45, 2.75) is 30.5 Å². The van der Waals surface area contributed by atoms with Gasteiger partial charge in [0, 0.05) is 16.2 Å². The summed E-state index contributed by atoms with van der Waals surface area (Å²) < 4.78 is 2.96. The van der Waals surface area contributed by atoms with Crippen LogP contribution in [0, 0.1) is 0 Å². The number of hydrogen-bond donors (Lipinski definition) is 1. The molecule has 0 atom stereocenters. The van der Waals surface area contributed by atoms with Crippen molar-refractivity contribution in [1.82, 2.24) is 14.5 Å². The fraction of sp³-hybridized carbons (Fsp3) is 0.417. The first-order chi connectivity index (χ1) is 8.99. The molecule has 0 aliphatic heterocycles. The van der Waals surface area contributed by atoms with Crippen molar-refractivity contribution in [3.63, 3.8) is 0 Å². The molecule has 3 rings (SSSR count). The molecule has 19 heavy (non-hydrogen) atoms. The summed E-state index contributed by atoms with van der Waals surface area (Å²) in [4.78, 5) is 19.7. The molecule has 0 unspecified atom stereocenters. The minimum absolute atomic E-state index is 0.0145. The van der Waals surface area contributed by atoms with Gasteiger partial charge in [0.15, 0.2) is 10.8 Å². The lowest BCUT2D eigenvalue weighted by Gasteiger charge is -2.14. The van der Waals surface area contributed by atoms with Gasteiger partial charge in [-0.2, -0.15) is 0 Å².